The van der Waals surface area contributed by atoms with E-state index in [0.29, 0.717) is 16.7 Å². The second kappa shape index (κ2) is 5.14. The molecule has 0 aliphatic carbocycles. The van der Waals surface area contributed by atoms with Gasteiger partial charge < -0.3 is 10.5 Å². The average Bonchev–Trinajstić information content (AvgIpc) is 2.95. The molecule has 0 bridgehead atoms. The molecule has 20 heavy (non-hydrogen) atoms. The van der Waals surface area contributed by atoms with E-state index in [4.69, 9.17) is 22.1 Å². The minimum atomic E-state index is 0.0470. The first-order valence-corrected chi connectivity index (χ1v) is 6.02. The lowest BCUT2D eigenvalue weighted by Gasteiger charge is -2.07. The summed E-state index contributed by atoms with van der Waals surface area (Å²) < 4.78 is 7.12. The van der Waals surface area contributed by atoms with Crippen LogP contribution in [0.3, 0.4) is 0 Å². The molecule has 3 rings (SSSR count). The van der Waals surface area contributed by atoms with Gasteiger partial charge in [-0.2, -0.15) is 15.0 Å². The van der Waals surface area contributed by atoms with E-state index in [0.717, 1.165) is 0 Å². The zero-order chi connectivity index (χ0) is 13.9. The van der Waals surface area contributed by atoms with Gasteiger partial charge in [0.05, 0.1) is 5.02 Å². The predicted molar refractivity (Wildman–Crippen MR) is 72.9 cm³/mol. The number of halogens is 1. The highest BCUT2D eigenvalue weighted by atomic mass is 35.5. The number of para-hydroxylation sites is 1. The summed E-state index contributed by atoms with van der Waals surface area (Å²) in [5, 5.41) is 0.454. The Balaban J connectivity index is 1.97. The Bertz CT molecular complexity index is 731. The molecule has 7 nitrogen and oxygen atoms in total. The third-order valence-electron chi connectivity index (χ3n) is 2.39. The second-order valence-corrected chi connectivity index (χ2v) is 4.19. The topological polar surface area (TPSA) is 91.7 Å². The van der Waals surface area contributed by atoms with Crippen molar-refractivity contribution in [1.82, 2.24) is 24.5 Å². The molecule has 2 heterocycles. The first kappa shape index (κ1) is 12.4. The van der Waals surface area contributed by atoms with Crippen LogP contribution in [0.15, 0.2) is 43.0 Å². The smallest absolute Gasteiger partial charge is 0.328 e. The summed E-state index contributed by atoms with van der Waals surface area (Å²) in [5.74, 6) is 0.805. The van der Waals surface area contributed by atoms with Crippen LogP contribution in [0.25, 0.3) is 5.95 Å². The van der Waals surface area contributed by atoms with Gasteiger partial charge in [0.2, 0.25) is 11.9 Å². The van der Waals surface area contributed by atoms with Gasteiger partial charge in [-0.05, 0) is 12.1 Å². The fourth-order valence-corrected chi connectivity index (χ4v) is 1.70. The fraction of sp³-hybridized carbons (Fsp3) is 0. The number of rotatable bonds is 3. The lowest BCUT2D eigenvalue weighted by Crippen LogP contribution is -2.06. The highest BCUT2D eigenvalue weighted by Gasteiger charge is 2.09. The number of anilines is 1. The lowest BCUT2D eigenvalue weighted by atomic mass is 10.3. The van der Waals surface area contributed by atoms with Crippen molar-refractivity contribution in [2.24, 2.45) is 0 Å². The van der Waals surface area contributed by atoms with Crippen LogP contribution in [0.5, 0.6) is 11.8 Å². The van der Waals surface area contributed by atoms with E-state index < -0.39 is 0 Å². The molecule has 0 aliphatic heterocycles. The maximum atomic E-state index is 6.01. The molecule has 3 aromatic rings. The van der Waals surface area contributed by atoms with Crippen molar-refractivity contribution in [3.8, 4) is 17.7 Å². The van der Waals surface area contributed by atoms with Crippen molar-refractivity contribution in [2.75, 3.05) is 5.73 Å². The van der Waals surface area contributed by atoms with Crippen LogP contribution in [-0.4, -0.2) is 24.5 Å². The number of nitrogens with two attached hydrogens (primary N) is 1. The van der Waals surface area contributed by atoms with Gasteiger partial charge in [0.15, 0.2) is 0 Å². The predicted octanol–water partition coefficient (Wildman–Crippen LogP) is 2.09. The van der Waals surface area contributed by atoms with E-state index in [9.17, 15) is 0 Å². The molecule has 0 radical (unpaired) electrons. The first-order valence-electron chi connectivity index (χ1n) is 5.64. The minimum Gasteiger partial charge on any atom is -0.423 e. The van der Waals surface area contributed by atoms with Crippen LogP contribution in [-0.2, 0) is 0 Å². The largest absolute Gasteiger partial charge is 0.423 e. The zero-order valence-corrected chi connectivity index (χ0v) is 10.9. The number of hydrogen-bond acceptors (Lipinski definition) is 6. The highest BCUT2D eigenvalue weighted by molar-refractivity contribution is 6.32. The summed E-state index contributed by atoms with van der Waals surface area (Å²) in [4.78, 5) is 16.0. The average molecular weight is 289 g/mol. The summed E-state index contributed by atoms with van der Waals surface area (Å²) in [6.07, 6.45) is 4.84. The summed E-state index contributed by atoms with van der Waals surface area (Å²) in [6, 6.07) is 7.07. The first-order chi connectivity index (χ1) is 9.72. The van der Waals surface area contributed by atoms with E-state index in [2.05, 4.69) is 19.9 Å². The molecule has 0 amide bonds. The van der Waals surface area contributed by atoms with Gasteiger partial charge in [-0.15, -0.1) is 0 Å². The van der Waals surface area contributed by atoms with Gasteiger partial charge in [-0.3, -0.25) is 4.57 Å². The zero-order valence-electron chi connectivity index (χ0n) is 10.1. The molecule has 0 saturated carbocycles. The fourth-order valence-electron chi connectivity index (χ4n) is 1.53. The van der Waals surface area contributed by atoms with Crippen molar-refractivity contribution in [3.05, 3.63) is 48.0 Å². The number of nitrogens with zero attached hydrogens (tertiary/aromatic N) is 5. The lowest BCUT2D eigenvalue weighted by molar-refractivity contribution is 0.439. The monoisotopic (exact) mass is 288 g/mol. The normalized spacial score (nSPS) is 10.4. The number of nitrogen functional groups attached to an aromatic ring is 1. The third-order valence-corrected chi connectivity index (χ3v) is 2.71. The quantitative estimate of drug-likeness (QED) is 0.793. The van der Waals surface area contributed by atoms with Crippen molar-refractivity contribution in [2.45, 2.75) is 0 Å². The number of hydrogen-bond donors (Lipinski definition) is 1. The van der Waals surface area contributed by atoms with Gasteiger partial charge >= 0.3 is 6.01 Å². The summed E-state index contributed by atoms with van der Waals surface area (Å²) in [5.41, 5.74) is 5.65. The van der Waals surface area contributed by atoms with Gasteiger partial charge in [-0.25, -0.2) is 4.98 Å². The van der Waals surface area contributed by atoms with E-state index in [1.807, 2.05) is 0 Å². The number of ether oxygens (including phenoxy) is 1. The standard InChI is InChI=1S/C12H9ClN6O/c13-8-3-1-2-4-9(8)20-12-17-10(14)16-11(18-12)19-6-5-15-7-19/h1-7H,(H2,14,16,17,18). The van der Waals surface area contributed by atoms with Crippen LogP contribution in [0.1, 0.15) is 0 Å². The Labute approximate surface area is 119 Å². The van der Waals surface area contributed by atoms with Gasteiger partial charge in [0.1, 0.15) is 12.1 Å². The van der Waals surface area contributed by atoms with E-state index in [-0.39, 0.29) is 12.0 Å². The molecule has 2 aromatic heterocycles. The molecule has 0 unspecified atom stereocenters. The molecule has 2 N–H and O–H groups in total. The molecule has 0 fully saturated rings. The minimum absolute atomic E-state index is 0.0470. The second-order valence-electron chi connectivity index (χ2n) is 3.78. The van der Waals surface area contributed by atoms with E-state index in [1.165, 1.54) is 0 Å². The third kappa shape index (κ3) is 2.52. The molecular formula is C12H9ClN6O. The maximum absolute atomic E-state index is 6.01. The van der Waals surface area contributed by atoms with Crippen LogP contribution in [0.2, 0.25) is 5.02 Å². The van der Waals surface area contributed by atoms with Crippen LogP contribution < -0.4 is 10.5 Å². The summed E-state index contributed by atoms with van der Waals surface area (Å²) in [7, 11) is 0. The Morgan fingerprint density at radius 3 is 2.75 bits per heavy atom. The van der Waals surface area contributed by atoms with Crippen molar-refractivity contribution in [3.63, 3.8) is 0 Å². The van der Waals surface area contributed by atoms with Crippen LogP contribution in [0, 0.1) is 0 Å². The molecule has 0 aliphatic rings. The van der Waals surface area contributed by atoms with Crippen molar-refractivity contribution >= 4 is 17.5 Å². The number of imidazole rings is 1. The van der Waals surface area contributed by atoms with Crippen molar-refractivity contribution < 1.29 is 4.74 Å². The molecule has 8 heteroatoms. The van der Waals surface area contributed by atoms with Crippen LogP contribution >= 0.6 is 11.6 Å². The van der Waals surface area contributed by atoms with E-state index in [1.54, 1.807) is 47.6 Å². The Hall–Kier alpha value is -2.67. The van der Waals surface area contributed by atoms with Crippen molar-refractivity contribution in [1.29, 1.82) is 0 Å². The molecule has 0 atom stereocenters. The number of benzene rings is 1. The van der Waals surface area contributed by atoms with Gasteiger partial charge in [-0.1, -0.05) is 23.7 Å². The van der Waals surface area contributed by atoms with Gasteiger partial charge in [0, 0.05) is 12.4 Å². The Morgan fingerprint density at radius 1 is 1.15 bits per heavy atom. The molecule has 1 aromatic carbocycles. The SMILES string of the molecule is Nc1nc(Oc2ccccc2Cl)nc(-n2ccnc2)n1. The van der Waals surface area contributed by atoms with E-state index >= 15 is 0 Å². The highest BCUT2D eigenvalue weighted by Crippen LogP contribution is 2.27. The number of aromatic nitrogens is 5. The Kier molecular flexibility index (Phi) is 3.18. The molecular weight excluding hydrogens is 280 g/mol. The van der Waals surface area contributed by atoms with Crippen LogP contribution in [0.4, 0.5) is 5.95 Å². The van der Waals surface area contributed by atoms with Gasteiger partial charge in [0.25, 0.3) is 0 Å². The summed E-state index contributed by atoms with van der Waals surface area (Å²) in [6.45, 7) is 0. The molecule has 0 spiro atoms. The maximum Gasteiger partial charge on any atom is 0.328 e. The summed E-state index contributed by atoms with van der Waals surface area (Å²) >= 11 is 6.01. The molecule has 100 valence electrons. The molecule has 0 saturated heterocycles. The Morgan fingerprint density at radius 2 is 2.00 bits per heavy atom.